The first-order chi connectivity index (χ1) is 12.5. The van der Waals surface area contributed by atoms with Gasteiger partial charge < -0.3 is 5.32 Å². The fourth-order valence-electron chi connectivity index (χ4n) is 3.90. The second kappa shape index (κ2) is 6.50. The number of fused-ring (bicyclic) bond motifs is 2. The number of aryl methyl sites for hydroxylation is 1. The highest BCUT2D eigenvalue weighted by Gasteiger charge is 2.29. The third-order valence-electron chi connectivity index (χ3n) is 5.78. The van der Waals surface area contributed by atoms with E-state index in [2.05, 4.69) is 24.1 Å². The maximum absolute atomic E-state index is 12.8. The van der Waals surface area contributed by atoms with Gasteiger partial charge in [0.25, 0.3) is 11.5 Å². The van der Waals surface area contributed by atoms with Gasteiger partial charge in [-0.3, -0.25) is 14.0 Å². The molecule has 3 heterocycles. The number of pyridine rings is 1. The molecule has 0 aromatic carbocycles. The molecule has 1 aliphatic carbocycles. The molecule has 3 atom stereocenters. The Balaban J connectivity index is 1.70. The Bertz CT molecular complexity index is 1050. The van der Waals surface area contributed by atoms with E-state index in [1.807, 2.05) is 19.1 Å². The fraction of sp³-hybridized carbons (Fsp3) is 0.450. The predicted octanol–water partition coefficient (Wildman–Crippen LogP) is 3.77. The Hall–Kier alpha value is -2.21. The van der Waals surface area contributed by atoms with Crippen molar-refractivity contribution in [3.63, 3.8) is 0 Å². The van der Waals surface area contributed by atoms with Gasteiger partial charge in [0, 0.05) is 12.2 Å². The Kier molecular flexibility index (Phi) is 4.31. The van der Waals surface area contributed by atoms with Crippen molar-refractivity contribution in [2.45, 2.75) is 46.1 Å². The van der Waals surface area contributed by atoms with E-state index in [1.54, 1.807) is 16.7 Å². The summed E-state index contributed by atoms with van der Waals surface area (Å²) in [6.45, 7) is 6.39. The molecule has 1 amide bonds. The number of carbonyl (C=O) groups is 1. The first-order valence-electron chi connectivity index (χ1n) is 9.18. The molecule has 1 saturated carbocycles. The number of hydrogen-bond donors (Lipinski definition) is 1. The summed E-state index contributed by atoms with van der Waals surface area (Å²) in [7, 11) is 0. The number of hydrogen-bond acceptors (Lipinski definition) is 4. The number of aromatic nitrogens is 2. The van der Waals surface area contributed by atoms with Gasteiger partial charge in [-0.25, -0.2) is 4.98 Å². The zero-order valence-corrected chi connectivity index (χ0v) is 16.1. The van der Waals surface area contributed by atoms with Gasteiger partial charge >= 0.3 is 0 Å². The first-order valence-corrected chi connectivity index (χ1v) is 9.99. The molecule has 4 rings (SSSR count). The van der Waals surface area contributed by atoms with Gasteiger partial charge in [0.1, 0.15) is 10.5 Å². The average Bonchev–Trinajstić information content (AvgIpc) is 3.05. The lowest BCUT2D eigenvalue weighted by Crippen LogP contribution is -2.43. The normalized spacial score (nSPS) is 23.4. The van der Waals surface area contributed by atoms with Crippen molar-refractivity contribution in [2.75, 3.05) is 0 Å². The van der Waals surface area contributed by atoms with Crippen LogP contribution in [0.4, 0.5) is 0 Å². The SMILES string of the molecule is Cc1cccn2c(=O)c3cc(C(=O)NC4CCCC(C)C4C)sc3nc12. The summed E-state index contributed by atoms with van der Waals surface area (Å²) in [5, 5.41) is 3.69. The van der Waals surface area contributed by atoms with Gasteiger partial charge in [0.15, 0.2) is 0 Å². The van der Waals surface area contributed by atoms with Crippen LogP contribution in [0.25, 0.3) is 15.9 Å². The molecule has 1 fully saturated rings. The summed E-state index contributed by atoms with van der Waals surface area (Å²) in [6.07, 6.45) is 5.12. The average molecular weight is 369 g/mol. The maximum Gasteiger partial charge on any atom is 0.266 e. The smallest absolute Gasteiger partial charge is 0.266 e. The number of amides is 1. The monoisotopic (exact) mass is 369 g/mol. The number of nitrogens with one attached hydrogen (secondary N) is 1. The molecule has 5 nitrogen and oxygen atoms in total. The van der Waals surface area contributed by atoms with Crippen LogP contribution in [0.5, 0.6) is 0 Å². The van der Waals surface area contributed by atoms with Gasteiger partial charge in [0.05, 0.1) is 10.3 Å². The molecule has 1 N–H and O–H groups in total. The van der Waals surface area contributed by atoms with Crippen molar-refractivity contribution in [1.29, 1.82) is 0 Å². The topological polar surface area (TPSA) is 63.5 Å². The van der Waals surface area contributed by atoms with Crippen molar-refractivity contribution in [1.82, 2.24) is 14.7 Å². The fourth-order valence-corrected chi connectivity index (χ4v) is 4.82. The molecular weight excluding hydrogens is 346 g/mol. The van der Waals surface area contributed by atoms with Crippen molar-refractivity contribution < 1.29 is 4.79 Å². The lowest BCUT2D eigenvalue weighted by Gasteiger charge is -2.34. The summed E-state index contributed by atoms with van der Waals surface area (Å²) in [6, 6.07) is 5.66. The summed E-state index contributed by atoms with van der Waals surface area (Å²) in [5.41, 5.74) is 1.47. The Morgan fingerprint density at radius 2 is 2.15 bits per heavy atom. The summed E-state index contributed by atoms with van der Waals surface area (Å²) in [4.78, 5) is 31.3. The van der Waals surface area contributed by atoms with E-state index in [9.17, 15) is 9.59 Å². The maximum atomic E-state index is 12.8. The largest absolute Gasteiger partial charge is 0.348 e. The molecule has 136 valence electrons. The summed E-state index contributed by atoms with van der Waals surface area (Å²) in [5.74, 6) is 0.997. The van der Waals surface area contributed by atoms with Gasteiger partial charge in [-0.1, -0.05) is 32.8 Å². The molecule has 3 unspecified atom stereocenters. The van der Waals surface area contributed by atoms with Crippen LogP contribution in [0.2, 0.25) is 0 Å². The number of carbonyl (C=O) groups excluding carboxylic acids is 1. The van der Waals surface area contributed by atoms with E-state index >= 15 is 0 Å². The molecule has 3 aromatic heterocycles. The molecule has 0 saturated heterocycles. The summed E-state index contributed by atoms with van der Waals surface area (Å²) < 4.78 is 1.55. The lowest BCUT2D eigenvalue weighted by atomic mass is 9.78. The second-order valence-electron chi connectivity index (χ2n) is 7.48. The molecule has 1 aliphatic rings. The van der Waals surface area contributed by atoms with E-state index in [-0.39, 0.29) is 17.5 Å². The Morgan fingerprint density at radius 1 is 1.35 bits per heavy atom. The number of rotatable bonds is 2. The van der Waals surface area contributed by atoms with E-state index in [1.165, 1.54) is 17.8 Å². The molecule has 0 radical (unpaired) electrons. The number of thiophene rings is 1. The molecule has 0 spiro atoms. The van der Waals surface area contributed by atoms with Gasteiger partial charge in [-0.15, -0.1) is 11.3 Å². The second-order valence-corrected chi connectivity index (χ2v) is 8.51. The minimum absolute atomic E-state index is 0.0934. The van der Waals surface area contributed by atoms with Crippen LogP contribution in [-0.2, 0) is 0 Å². The highest BCUT2D eigenvalue weighted by atomic mass is 32.1. The minimum Gasteiger partial charge on any atom is -0.348 e. The van der Waals surface area contributed by atoms with Crippen LogP contribution in [0, 0.1) is 18.8 Å². The van der Waals surface area contributed by atoms with E-state index in [4.69, 9.17) is 0 Å². The van der Waals surface area contributed by atoms with Crippen molar-refractivity contribution in [2.24, 2.45) is 11.8 Å². The highest BCUT2D eigenvalue weighted by molar-refractivity contribution is 7.20. The molecule has 0 bridgehead atoms. The molecule has 26 heavy (non-hydrogen) atoms. The molecular formula is C20H23N3O2S. The lowest BCUT2D eigenvalue weighted by molar-refractivity contribution is 0.0895. The van der Waals surface area contributed by atoms with Crippen LogP contribution < -0.4 is 10.9 Å². The van der Waals surface area contributed by atoms with Crippen molar-refractivity contribution in [3.05, 3.63) is 45.2 Å². The van der Waals surface area contributed by atoms with Gasteiger partial charge in [0.2, 0.25) is 0 Å². The third-order valence-corrected chi connectivity index (χ3v) is 6.81. The van der Waals surface area contributed by atoms with Crippen LogP contribution in [0.1, 0.15) is 48.3 Å². The first kappa shape index (κ1) is 17.2. The Morgan fingerprint density at radius 3 is 2.96 bits per heavy atom. The van der Waals surface area contributed by atoms with E-state index < -0.39 is 0 Å². The summed E-state index contributed by atoms with van der Waals surface area (Å²) >= 11 is 1.30. The molecule has 0 aliphatic heterocycles. The van der Waals surface area contributed by atoms with E-state index in [0.717, 1.165) is 18.4 Å². The zero-order chi connectivity index (χ0) is 18.4. The Labute approximate surface area is 156 Å². The van der Waals surface area contributed by atoms with Gasteiger partial charge in [-0.2, -0.15) is 0 Å². The standard InChI is InChI=1S/C20H23N3O2S/c1-11-6-4-8-15(13(11)3)21-18(24)16-10-14-19(26-16)22-17-12(2)7-5-9-23(17)20(14)25/h5,7,9-11,13,15H,4,6,8H2,1-3H3,(H,21,24). The van der Waals surface area contributed by atoms with Gasteiger partial charge in [-0.05, 0) is 42.9 Å². The molecule has 6 heteroatoms. The zero-order valence-electron chi connectivity index (χ0n) is 15.3. The predicted molar refractivity (Wildman–Crippen MR) is 105 cm³/mol. The van der Waals surface area contributed by atoms with Crippen LogP contribution in [0.15, 0.2) is 29.2 Å². The quantitative estimate of drug-likeness (QED) is 0.748. The van der Waals surface area contributed by atoms with Crippen LogP contribution in [0.3, 0.4) is 0 Å². The molecule has 3 aromatic rings. The van der Waals surface area contributed by atoms with Crippen LogP contribution in [-0.4, -0.2) is 21.3 Å². The number of nitrogens with zero attached hydrogens (tertiary/aromatic N) is 2. The van der Waals surface area contributed by atoms with E-state index in [0.29, 0.717) is 32.6 Å². The van der Waals surface area contributed by atoms with Crippen molar-refractivity contribution in [3.8, 4) is 0 Å². The van der Waals surface area contributed by atoms with Crippen LogP contribution >= 0.6 is 11.3 Å². The third kappa shape index (κ3) is 2.82. The minimum atomic E-state index is -0.122. The highest BCUT2D eigenvalue weighted by Crippen LogP contribution is 2.30. The van der Waals surface area contributed by atoms with Crippen molar-refractivity contribution >= 4 is 33.1 Å².